The van der Waals surface area contributed by atoms with Crippen molar-refractivity contribution in [3.05, 3.63) is 32.6 Å². The zero-order valence-corrected chi connectivity index (χ0v) is 8.90. The van der Waals surface area contributed by atoms with Gasteiger partial charge in [-0.3, -0.25) is 18.7 Å². The van der Waals surface area contributed by atoms with Crippen molar-refractivity contribution in [1.29, 1.82) is 0 Å². The lowest BCUT2D eigenvalue weighted by Crippen LogP contribution is -2.39. The number of aromatic nitrogens is 2. The van der Waals surface area contributed by atoms with E-state index in [1.807, 2.05) is 6.92 Å². The molecule has 0 amide bonds. The molecule has 0 aromatic carbocycles. The lowest BCUT2D eigenvalue weighted by Gasteiger charge is -2.08. The first-order valence-corrected chi connectivity index (χ1v) is 4.87. The summed E-state index contributed by atoms with van der Waals surface area (Å²) in [5, 5.41) is 0. The lowest BCUT2D eigenvalue weighted by molar-refractivity contribution is 0.111. The van der Waals surface area contributed by atoms with Gasteiger partial charge in [0, 0.05) is 19.7 Å². The second-order valence-electron chi connectivity index (χ2n) is 3.37. The third-order valence-corrected chi connectivity index (χ3v) is 2.29. The summed E-state index contributed by atoms with van der Waals surface area (Å²) in [5.74, 6) is 0. The van der Waals surface area contributed by atoms with E-state index in [1.165, 1.54) is 17.7 Å². The molecular formula is C10H14N2O3. The fraction of sp³-hybridized carbons (Fsp3) is 0.500. The summed E-state index contributed by atoms with van der Waals surface area (Å²) in [4.78, 5) is 33.6. The Morgan fingerprint density at radius 3 is 2.60 bits per heavy atom. The van der Waals surface area contributed by atoms with Gasteiger partial charge in [0.1, 0.15) is 0 Å². The number of carbonyl (C=O) groups excluding carboxylic acids is 1. The van der Waals surface area contributed by atoms with Gasteiger partial charge in [0.15, 0.2) is 6.29 Å². The average Bonchev–Trinajstić information content (AvgIpc) is 2.24. The van der Waals surface area contributed by atoms with E-state index in [9.17, 15) is 14.4 Å². The maximum Gasteiger partial charge on any atom is 0.331 e. The van der Waals surface area contributed by atoms with Gasteiger partial charge in [0.05, 0.1) is 5.69 Å². The zero-order valence-electron chi connectivity index (χ0n) is 8.90. The van der Waals surface area contributed by atoms with E-state index in [4.69, 9.17) is 0 Å². The van der Waals surface area contributed by atoms with E-state index in [1.54, 1.807) is 0 Å². The van der Waals surface area contributed by atoms with Crippen molar-refractivity contribution in [1.82, 2.24) is 9.13 Å². The molecule has 1 aromatic heterocycles. The second kappa shape index (κ2) is 4.72. The highest BCUT2D eigenvalue weighted by atomic mass is 16.2. The number of aldehydes is 1. The van der Waals surface area contributed by atoms with Crippen LogP contribution in [-0.4, -0.2) is 15.4 Å². The number of rotatable bonds is 4. The summed E-state index contributed by atoms with van der Waals surface area (Å²) < 4.78 is 2.33. The van der Waals surface area contributed by atoms with Gasteiger partial charge < -0.3 is 0 Å². The fourth-order valence-corrected chi connectivity index (χ4v) is 1.33. The Balaban J connectivity index is 3.34. The molecule has 0 aliphatic heterocycles. The van der Waals surface area contributed by atoms with Crippen molar-refractivity contribution in [3.63, 3.8) is 0 Å². The lowest BCUT2D eigenvalue weighted by atomic mass is 10.3. The summed E-state index contributed by atoms with van der Waals surface area (Å²) >= 11 is 0. The van der Waals surface area contributed by atoms with Crippen LogP contribution in [0.3, 0.4) is 0 Å². The quantitative estimate of drug-likeness (QED) is 0.665. The Kier molecular flexibility index (Phi) is 3.60. The van der Waals surface area contributed by atoms with Crippen LogP contribution in [0.1, 0.15) is 30.3 Å². The largest absolute Gasteiger partial charge is 0.331 e. The predicted octanol–water partition coefficient (Wildman–Crippen LogP) is 0.160. The highest BCUT2D eigenvalue weighted by molar-refractivity contribution is 5.71. The van der Waals surface area contributed by atoms with Crippen LogP contribution in [0.5, 0.6) is 0 Å². The van der Waals surface area contributed by atoms with Crippen LogP contribution in [0, 0.1) is 0 Å². The molecule has 0 saturated carbocycles. The fourth-order valence-electron chi connectivity index (χ4n) is 1.33. The Bertz CT molecular complexity index is 471. The zero-order chi connectivity index (χ0) is 11.4. The molecule has 0 saturated heterocycles. The molecule has 82 valence electrons. The van der Waals surface area contributed by atoms with Gasteiger partial charge >= 0.3 is 5.69 Å². The second-order valence-corrected chi connectivity index (χ2v) is 3.37. The van der Waals surface area contributed by atoms with Crippen LogP contribution in [0.2, 0.25) is 0 Å². The molecule has 0 bridgehead atoms. The molecular weight excluding hydrogens is 196 g/mol. The highest BCUT2D eigenvalue weighted by Crippen LogP contribution is 1.94. The van der Waals surface area contributed by atoms with Gasteiger partial charge in [0.2, 0.25) is 0 Å². The summed E-state index contributed by atoms with van der Waals surface area (Å²) in [6, 6.07) is 1.18. The van der Waals surface area contributed by atoms with E-state index in [0.29, 0.717) is 12.8 Å². The monoisotopic (exact) mass is 210 g/mol. The Morgan fingerprint density at radius 1 is 1.40 bits per heavy atom. The molecule has 0 aliphatic rings. The number of nitrogens with zero attached hydrogens (tertiary/aromatic N) is 2. The molecule has 1 aromatic rings. The number of hydrogen-bond donors (Lipinski definition) is 0. The van der Waals surface area contributed by atoms with Crippen molar-refractivity contribution in [2.24, 2.45) is 7.05 Å². The van der Waals surface area contributed by atoms with E-state index >= 15 is 0 Å². The van der Waals surface area contributed by atoms with Gasteiger partial charge in [-0.15, -0.1) is 0 Å². The molecule has 1 rings (SSSR count). The highest BCUT2D eigenvalue weighted by Gasteiger charge is 2.07. The molecule has 0 fully saturated rings. The molecule has 0 radical (unpaired) electrons. The summed E-state index contributed by atoms with van der Waals surface area (Å²) in [6.07, 6.45) is 2.27. The third-order valence-electron chi connectivity index (χ3n) is 2.29. The minimum absolute atomic E-state index is 0.150. The van der Waals surface area contributed by atoms with Crippen LogP contribution in [0.4, 0.5) is 0 Å². The molecule has 5 heteroatoms. The van der Waals surface area contributed by atoms with Crippen molar-refractivity contribution in [3.8, 4) is 0 Å². The Labute approximate surface area is 87.0 Å². The van der Waals surface area contributed by atoms with Crippen molar-refractivity contribution in [2.75, 3.05) is 0 Å². The molecule has 1 heterocycles. The molecule has 0 unspecified atom stereocenters. The number of hydrogen-bond acceptors (Lipinski definition) is 3. The summed E-state index contributed by atoms with van der Waals surface area (Å²) in [7, 11) is 1.40. The first kappa shape index (κ1) is 11.4. The minimum Gasteiger partial charge on any atom is -0.296 e. The molecule has 15 heavy (non-hydrogen) atoms. The third kappa shape index (κ3) is 2.23. The van der Waals surface area contributed by atoms with E-state index in [-0.39, 0.29) is 5.69 Å². The number of unbranched alkanes of at least 4 members (excludes halogenated alkanes) is 1. The SMILES string of the molecule is CCCCn1c(C=O)cc(=O)n(C)c1=O. The normalized spacial score (nSPS) is 10.3. The van der Waals surface area contributed by atoms with E-state index < -0.39 is 11.2 Å². The van der Waals surface area contributed by atoms with Crippen LogP contribution in [0.25, 0.3) is 0 Å². The summed E-state index contributed by atoms with van der Waals surface area (Å²) in [6.45, 7) is 2.46. The van der Waals surface area contributed by atoms with Crippen molar-refractivity contribution >= 4 is 6.29 Å². The standard InChI is InChI=1S/C10H14N2O3/c1-3-4-5-12-8(7-13)6-9(14)11(2)10(12)15/h6-7H,3-5H2,1-2H3. The first-order chi connectivity index (χ1) is 7.11. The van der Waals surface area contributed by atoms with Crippen LogP contribution < -0.4 is 11.2 Å². The van der Waals surface area contributed by atoms with Crippen LogP contribution in [0.15, 0.2) is 15.7 Å². The van der Waals surface area contributed by atoms with Crippen LogP contribution >= 0.6 is 0 Å². The topological polar surface area (TPSA) is 61.1 Å². The van der Waals surface area contributed by atoms with Crippen LogP contribution in [-0.2, 0) is 13.6 Å². The van der Waals surface area contributed by atoms with Gasteiger partial charge in [-0.1, -0.05) is 13.3 Å². The Hall–Kier alpha value is -1.65. The molecule has 0 atom stereocenters. The van der Waals surface area contributed by atoms with Gasteiger partial charge in [-0.25, -0.2) is 4.79 Å². The van der Waals surface area contributed by atoms with Crippen molar-refractivity contribution in [2.45, 2.75) is 26.3 Å². The summed E-state index contributed by atoms with van der Waals surface area (Å²) in [5.41, 5.74) is -0.732. The van der Waals surface area contributed by atoms with Crippen molar-refractivity contribution < 1.29 is 4.79 Å². The molecule has 5 nitrogen and oxygen atoms in total. The maximum absolute atomic E-state index is 11.6. The molecule has 0 spiro atoms. The van der Waals surface area contributed by atoms with Gasteiger partial charge in [-0.2, -0.15) is 0 Å². The van der Waals surface area contributed by atoms with E-state index in [2.05, 4.69) is 0 Å². The molecule has 0 aliphatic carbocycles. The molecule has 0 N–H and O–H groups in total. The smallest absolute Gasteiger partial charge is 0.296 e. The maximum atomic E-state index is 11.6. The predicted molar refractivity (Wildman–Crippen MR) is 56.2 cm³/mol. The van der Waals surface area contributed by atoms with E-state index in [0.717, 1.165) is 17.4 Å². The van der Waals surface area contributed by atoms with Gasteiger partial charge in [-0.05, 0) is 6.42 Å². The number of carbonyl (C=O) groups is 1. The first-order valence-electron chi connectivity index (χ1n) is 4.87. The average molecular weight is 210 g/mol. The minimum atomic E-state index is -0.449. The Morgan fingerprint density at radius 2 is 2.07 bits per heavy atom. The van der Waals surface area contributed by atoms with Gasteiger partial charge in [0.25, 0.3) is 5.56 Å².